The molecule has 0 aliphatic rings. The van der Waals surface area contributed by atoms with E-state index in [1.807, 2.05) is 19.2 Å². The van der Waals surface area contributed by atoms with Gasteiger partial charge >= 0.3 is 5.97 Å². The first kappa shape index (κ1) is 8.77. The van der Waals surface area contributed by atoms with Crippen LogP contribution in [-0.2, 0) is 9.53 Å². The molecule has 0 aromatic carbocycles. The van der Waals surface area contributed by atoms with Crippen LogP contribution in [0.2, 0.25) is 0 Å². The first-order valence-corrected chi connectivity index (χ1v) is 3.80. The maximum Gasteiger partial charge on any atom is 0.307 e. The lowest BCUT2D eigenvalue weighted by Crippen LogP contribution is -2.12. The molecular weight excluding hydrogens is 156 g/mol. The highest BCUT2D eigenvalue weighted by Crippen LogP contribution is 2.08. The molecule has 0 saturated carbocycles. The van der Waals surface area contributed by atoms with Crippen molar-refractivity contribution in [3.05, 3.63) is 18.5 Å². The molecule has 1 atom stereocenters. The molecule has 0 aliphatic heterocycles. The Labute approximate surface area is 71.1 Å². The van der Waals surface area contributed by atoms with E-state index in [1.54, 1.807) is 10.9 Å². The predicted octanol–water partition coefficient (Wildman–Crippen LogP) is 1.01. The fourth-order valence-corrected chi connectivity index (χ4v) is 0.959. The van der Waals surface area contributed by atoms with Gasteiger partial charge in [0.1, 0.15) is 0 Å². The molecule has 0 amide bonds. The van der Waals surface area contributed by atoms with E-state index >= 15 is 0 Å². The molecule has 12 heavy (non-hydrogen) atoms. The van der Waals surface area contributed by atoms with Gasteiger partial charge in [0.25, 0.3) is 0 Å². The molecule has 0 bridgehead atoms. The third-order valence-corrected chi connectivity index (χ3v) is 1.67. The van der Waals surface area contributed by atoms with Crippen molar-refractivity contribution in [1.82, 2.24) is 9.78 Å². The van der Waals surface area contributed by atoms with Crippen molar-refractivity contribution in [1.29, 1.82) is 0 Å². The minimum atomic E-state index is -0.210. The largest absolute Gasteiger partial charge is 0.469 e. The molecular formula is C8H12N2O2. The molecule has 0 saturated heterocycles. The Hall–Kier alpha value is -1.32. The number of carbonyl (C=O) groups excluding carboxylic acids is 1. The van der Waals surface area contributed by atoms with E-state index in [0.717, 1.165) is 0 Å². The lowest BCUT2D eigenvalue weighted by atomic mass is 10.2. The van der Waals surface area contributed by atoms with E-state index < -0.39 is 0 Å². The van der Waals surface area contributed by atoms with Gasteiger partial charge in [-0.15, -0.1) is 0 Å². The molecule has 0 spiro atoms. The quantitative estimate of drug-likeness (QED) is 0.632. The average Bonchev–Trinajstić information content (AvgIpc) is 2.56. The van der Waals surface area contributed by atoms with Crippen LogP contribution in [0.5, 0.6) is 0 Å². The number of esters is 1. The summed E-state index contributed by atoms with van der Waals surface area (Å²) in [5.74, 6) is -0.210. The molecule has 4 heteroatoms. The number of methoxy groups -OCH3 is 1. The van der Waals surface area contributed by atoms with E-state index in [0.29, 0.717) is 6.42 Å². The van der Waals surface area contributed by atoms with Gasteiger partial charge in [0.15, 0.2) is 0 Å². The topological polar surface area (TPSA) is 44.1 Å². The summed E-state index contributed by atoms with van der Waals surface area (Å²) in [4.78, 5) is 10.9. The summed E-state index contributed by atoms with van der Waals surface area (Å²) in [6.45, 7) is 1.92. The number of hydrogen-bond acceptors (Lipinski definition) is 3. The highest BCUT2D eigenvalue weighted by atomic mass is 16.5. The van der Waals surface area contributed by atoms with Gasteiger partial charge in [-0.2, -0.15) is 5.10 Å². The van der Waals surface area contributed by atoms with Crippen molar-refractivity contribution in [2.24, 2.45) is 0 Å². The molecule has 4 nitrogen and oxygen atoms in total. The summed E-state index contributed by atoms with van der Waals surface area (Å²) in [7, 11) is 1.39. The Morgan fingerprint density at radius 3 is 3.00 bits per heavy atom. The lowest BCUT2D eigenvalue weighted by Gasteiger charge is -2.09. The molecule has 0 radical (unpaired) electrons. The molecule has 1 unspecified atom stereocenters. The van der Waals surface area contributed by atoms with E-state index in [4.69, 9.17) is 0 Å². The average molecular weight is 168 g/mol. The Bertz CT molecular complexity index is 244. The highest BCUT2D eigenvalue weighted by molar-refractivity contribution is 5.69. The summed E-state index contributed by atoms with van der Waals surface area (Å²) >= 11 is 0. The maximum atomic E-state index is 10.9. The van der Waals surface area contributed by atoms with Gasteiger partial charge in [-0.3, -0.25) is 9.48 Å². The van der Waals surface area contributed by atoms with Gasteiger partial charge in [0.05, 0.1) is 19.6 Å². The molecule has 1 heterocycles. The first-order chi connectivity index (χ1) is 5.74. The smallest absolute Gasteiger partial charge is 0.307 e. The molecule has 0 N–H and O–H groups in total. The van der Waals surface area contributed by atoms with Crippen molar-refractivity contribution in [3.8, 4) is 0 Å². The van der Waals surface area contributed by atoms with Crippen LogP contribution in [-0.4, -0.2) is 22.9 Å². The molecule has 1 rings (SSSR count). The van der Waals surface area contributed by atoms with Crippen molar-refractivity contribution in [2.75, 3.05) is 7.11 Å². The van der Waals surface area contributed by atoms with E-state index in [9.17, 15) is 4.79 Å². The van der Waals surface area contributed by atoms with Crippen LogP contribution in [0.3, 0.4) is 0 Å². The highest BCUT2D eigenvalue weighted by Gasteiger charge is 2.09. The SMILES string of the molecule is COC(=O)CC(C)n1cccn1. The van der Waals surface area contributed by atoms with Gasteiger partial charge in [-0.1, -0.05) is 0 Å². The van der Waals surface area contributed by atoms with Crippen molar-refractivity contribution >= 4 is 5.97 Å². The van der Waals surface area contributed by atoms with Gasteiger partial charge in [-0.25, -0.2) is 0 Å². The monoisotopic (exact) mass is 168 g/mol. The van der Waals surface area contributed by atoms with Crippen LogP contribution in [0.15, 0.2) is 18.5 Å². The second-order valence-corrected chi connectivity index (χ2v) is 2.62. The zero-order valence-electron chi connectivity index (χ0n) is 7.23. The van der Waals surface area contributed by atoms with Crippen LogP contribution < -0.4 is 0 Å². The predicted molar refractivity (Wildman–Crippen MR) is 43.6 cm³/mol. The van der Waals surface area contributed by atoms with Crippen LogP contribution in [0.4, 0.5) is 0 Å². The fourth-order valence-electron chi connectivity index (χ4n) is 0.959. The third-order valence-electron chi connectivity index (χ3n) is 1.67. The van der Waals surface area contributed by atoms with Crippen molar-refractivity contribution in [2.45, 2.75) is 19.4 Å². The Morgan fingerprint density at radius 1 is 1.75 bits per heavy atom. The number of carbonyl (C=O) groups is 1. The minimum Gasteiger partial charge on any atom is -0.469 e. The van der Waals surface area contributed by atoms with E-state index in [-0.39, 0.29) is 12.0 Å². The molecule has 1 aromatic rings. The lowest BCUT2D eigenvalue weighted by molar-refractivity contribution is -0.141. The van der Waals surface area contributed by atoms with Gasteiger partial charge in [0, 0.05) is 12.4 Å². The van der Waals surface area contributed by atoms with Crippen LogP contribution in [0, 0.1) is 0 Å². The van der Waals surface area contributed by atoms with Crippen LogP contribution in [0.1, 0.15) is 19.4 Å². The van der Waals surface area contributed by atoms with Crippen LogP contribution >= 0.6 is 0 Å². The number of hydrogen-bond donors (Lipinski definition) is 0. The summed E-state index contributed by atoms with van der Waals surface area (Å²) in [6, 6.07) is 1.89. The number of rotatable bonds is 3. The van der Waals surface area contributed by atoms with Crippen molar-refractivity contribution < 1.29 is 9.53 Å². The van der Waals surface area contributed by atoms with Crippen molar-refractivity contribution in [3.63, 3.8) is 0 Å². The molecule has 0 fully saturated rings. The zero-order chi connectivity index (χ0) is 8.97. The first-order valence-electron chi connectivity index (χ1n) is 3.80. The minimum absolute atomic E-state index is 0.0625. The second-order valence-electron chi connectivity index (χ2n) is 2.62. The summed E-state index contributed by atoms with van der Waals surface area (Å²) in [6.07, 6.45) is 3.87. The number of ether oxygens (including phenoxy) is 1. The van der Waals surface area contributed by atoms with E-state index in [2.05, 4.69) is 9.84 Å². The van der Waals surface area contributed by atoms with Gasteiger partial charge in [-0.05, 0) is 13.0 Å². The maximum absolute atomic E-state index is 10.9. The van der Waals surface area contributed by atoms with Gasteiger partial charge < -0.3 is 4.74 Å². The summed E-state index contributed by atoms with van der Waals surface area (Å²) in [5.41, 5.74) is 0. The Morgan fingerprint density at radius 2 is 2.50 bits per heavy atom. The Kier molecular flexibility index (Phi) is 2.85. The second kappa shape index (κ2) is 3.90. The molecule has 1 aromatic heterocycles. The summed E-state index contributed by atoms with van der Waals surface area (Å²) in [5, 5.41) is 4.01. The normalized spacial score (nSPS) is 12.5. The number of aromatic nitrogens is 2. The summed E-state index contributed by atoms with van der Waals surface area (Å²) < 4.78 is 6.27. The third kappa shape index (κ3) is 2.08. The van der Waals surface area contributed by atoms with Gasteiger partial charge in [0.2, 0.25) is 0 Å². The zero-order valence-corrected chi connectivity index (χ0v) is 7.23. The molecule has 0 aliphatic carbocycles. The molecule has 66 valence electrons. The fraction of sp³-hybridized carbons (Fsp3) is 0.500. The van der Waals surface area contributed by atoms with E-state index in [1.165, 1.54) is 7.11 Å². The standard InChI is InChI=1S/C8H12N2O2/c1-7(6-8(11)12-2)10-5-3-4-9-10/h3-5,7H,6H2,1-2H3. The number of nitrogens with zero attached hydrogens (tertiary/aromatic N) is 2. The Balaban J connectivity index is 2.49. The van der Waals surface area contributed by atoms with Crippen LogP contribution in [0.25, 0.3) is 0 Å².